The predicted molar refractivity (Wildman–Crippen MR) is 116 cm³/mol. The average Bonchev–Trinajstić information content (AvgIpc) is 3.19. The minimum Gasteiger partial charge on any atom is -0.494 e. The van der Waals surface area contributed by atoms with Gasteiger partial charge in [0.2, 0.25) is 0 Å². The van der Waals surface area contributed by atoms with Gasteiger partial charge in [-0.3, -0.25) is 14.6 Å². The summed E-state index contributed by atoms with van der Waals surface area (Å²) < 4.78 is 1.72. The number of aromatic amines is 1. The van der Waals surface area contributed by atoms with Gasteiger partial charge in [-0.05, 0) is 45.4 Å². The van der Waals surface area contributed by atoms with Crippen LogP contribution in [0.4, 0.5) is 5.82 Å². The number of aliphatic hydroxyl groups excluding tert-OH is 1. The molecule has 0 aliphatic heterocycles. The predicted octanol–water partition coefficient (Wildman–Crippen LogP) is 3.67. The zero-order valence-electron chi connectivity index (χ0n) is 17.4. The number of aliphatic imine (C=N–C) groups is 1. The molecular weight excluding hydrogens is 380 g/mol. The number of aryl methyl sites for hydroxylation is 2. The summed E-state index contributed by atoms with van der Waals surface area (Å²) in [5.41, 5.74) is 5.65. The van der Waals surface area contributed by atoms with Crippen molar-refractivity contribution >= 4 is 22.4 Å². The number of hydrogen-bond acceptors (Lipinski definition) is 6. The largest absolute Gasteiger partial charge is 0.494 e. The lowest BCUT2D eigenvalue weighted by Gasteiger charge is -2.06. The van der Waals surface area contributed by atoms with E-state index >= 15 is 0 Å². The third-order valence-corrected chi connectivity index (χ3v) is 5.03. The zero-order chi connectivity index (χ0) is 21.4. The van der Waals surface area contributed by atoms with Gasteiger partial charge in [0, 0.05) is 35.1 Å². The molecule has 30 heavy (non-hydrogen) atoms. The normalized spacial score (nSPS) is 13.2. The Kier molecular flexibility index (Phi) is 5.09. The summed E-state index contributed by atoms with van der Waals surface area (Å²) >= 11 is 0. The van der Waals surface area contributed by atoms with Crippen LogP contribution in [0, 0.1) is 13.8 Å². The Hall–Kier alpha value is -3.52. The van der Waals surface area contributed by atoms with Crippen molar-refractivity contribution in [1.82, 2.24) is 24.7 Å². The van der Waals surface area contributed by atoms with Crippen molar-refractivity contribution in [3.8, 4) is 17.1 Å². The van der Waals surface area contributed by atoms with E-state index in [0.717, 1.165) is 33.4 Å². The van der Waals surface area contributed by atoms with Crippen LogP contribution in [0.5, 0.6) is 5.88 Å². The fourth-order valence-corrected chi connectivity index (χ4v) is 3.54. The second-order valence-corrected chi connectivity index (χ2v) is 7.53. The lowest BCUT2D eigenvalue weighted by atomic mass is 10.0. The lowest BCUT2D eigenvalue weighted by molar-refractivity contribution is 0.167. The molecule has 4 rings (SSSR count). The molecule has 4 aromatic rings. The number of rotatable bonds is 5. The maximum Gasteiger partial charge on any atom is 0.198 e. The van der Waals surface area contributed by atoms with Crippen LogP contribution in [-0.4, -0.2) is 46.8 Å². The molecule has 0 radical (unpaired) electrons. The summed E-state index contributed by atoms with van der Waals surface area (Å²) in [5, 5.41) is 25.4. The summed E-state index contributed by atoms with van der Waals surface area (Å²) in [6, 6.07) is 5.72. The Balaban J connectivity index is 1.78. The van der Waals surface area contributed by atoms with Gasteiger partial charge in [-0.15, -0.1) is 0 Å². The van der Waals surface area contributed by atoms with Crippen LogP contribution in [0.3, 0.4) is 0 Å². The van der Waals surface area contributed by atoms with E-state index < -0.39 is 6.10 Å². The molecule has 0 saturated heterocycles. The first kappa shape index (κ1) is 19.8. The number of nitrogens with zero attached hydrogens (tertiary/aromatic N) is 5. The number of aromatic nitrogens is 5. The average molecular weight is 404 g/mol. The van der Waals surface area contributed by atoms with Crippen LogP contribution in [0.25, 0.3) is 22.2 Å². The molecule has 0 aliphatic carbocycles. The van der Waals surface area contributed by atoms with Gasteiger partial charge in [-0.2, -0.15) is 5.10 Å². The zero-order valence-corrected chi connectivity index (χ0v) is 17.4. The monoisotopic (exact) mass is 404 g/mol. The van der Waals surface area contributed by atoms with Crippen molar-refractivity contribution in [1.29, 1.82) is 0 Å². The van der Waals surface area contributed by atoms with Crippen molar-refractivity contribution < 1.29 is 10.2 Å². The molecule has 0 unspecified atom stereocenters. The summed E-state index contributed by atoms with van der Waals surface area (Å²) in [6.07, 6.45) is 4.74. The Morgan fingerprint density at radius 2 is 2.07 bits per heavy atom. The number of pyridine rings is 2. The van der Waals surface area contributed by atoms with Gasteiger partial charge in [-0.25, -0.2) is 4.99 Å². The van der Waals surface area contributed by atoms with Gasteiger partial charge in [0.15, 0.2) is 11.7 Å². The van der Waals surface area contributed by atoms with Crippen LogP contribution < -0.4 is 0 Å². The molecule has 0 spiro atoms. The highest BCUT2D eigenvalue weighted by Gasteiger charge is 2.17. The minimum absolute atomic E-state index is 0.0354. The molecule has 8 nitrogen and oxygen atoms in total. The topological polar surface area (TPSA) is 112 Å². The van der Waals surface area contributed by atoms with Crippen LogP contribution in [0.15, 0.2) is 41.8 Å². The van der Waals surface area contributed by atoms with E-state index in [1.807, 2.05) is 39.0 Å². The molecule has 4 aromatic heterocycles. The summed E-state index contributed by atoms with van der Waals surface area (Å²) in [7, 11) is 0. The molecule has 0 fully saturated rings. The van der Waals surface area contributed by atoms with E-state index in [1.54, 1.807) is 30.2 Å². The number of fused-ring (bicyclic) bond motifs is 1. The first-order valence-corrected chi connectivity index (χ1v) is 9.73. The van der Waals surface area contributed by atoms with E-state index in [4.69, 9.17) is 0 Å². The van der Waals surface area contributed by atoms with Gasteiger partial charge < -0.3 is 15.2 Å². The number of aromatic hydroxyl groups is 1. The first-order chi connectivity index (χ1) is 14.3. The molecule has 8 heteroatoms. The summed E-state index contributed by atoms with van der Waals surface area (Å²) in [6.45, 7) is 7.88. The third kappa shape index (κ3) is 3.69. The fourth-order valence-electron chi connectivity index (χ4n) is 3.54. The molecule has 4 heterocycles. The highest BCUT2D eigenvalue weighted by molar-refractivity contribution is 6.13. The Bertz CT molecular complexity index is 1250. The molecule has 3 N–H and O–H groups in total. The lowest BCUT2D eigenvalue weighted by Crippen LogP contribution is -2.13. The molecule has 0 saturated carbocycles. The Morgan fingerprint density at radius 1 is 1.27 bits per heavy atom. The van der Waals surface area contributed by atoms with Crippen molar-refractivity contribution in [2.75, 3.05) is 0 Å². The number of nitrogens with one attached hydrogen (secondary N) is 1. The van der Waals surface area contributed by atoms with Crippen LogP contribution >= 0.6 is 0 Å². The standard InChI is InChI=1S/C22H24N6O2/c1-12-5-6-23-9-17(12)18-8-16-19(10-24-18)26-22(30)21(16)15(4)25-20-7-13(2)28(27-20)11-14(3)29/h5-10,14,26,29-30H,11H2,1-4H3/t14-/m1/s1. The van der Waals surface area contributed by atoms with Crippen molar-refractivity contribution in [2.45, 2.75) is 40.3 Å². The van der Waals surface area contributed by atoms with E-state index in [9.17, 15) is 10.2 Å². The second kappa shape index (κ2) is 7.72. The van der Waals surface area contributed by atoms with Crippen molar-refractivity contribution in [2.24, 2.45) is 4.99 Å². The van der Waals surface area contributed by atoms with Crippen LogP contribution in [0.1, 0.15) is 30.7 Å². The van der Waals surface area contributed by atoms with Gasteiger partial charge in [-0.1, -0.05) is 0 Å². The number of hydrogen-bond donors (Lipinski definition) is 3. The highest BCUT2D eigenvalue weighted by Crippen LogP contribution is 2.32. The van der Waals surface area contributed by atoms with Crippen molar-refractivity contribution in [3.05, 3.63) is 53.6 Å². The van der Waals surface area contributed by atoms with Crippen LogP contribution in [-0.2, 0) is 6.54 Å². The molecule has 1 atom stereocenters. The number of aliphatic hydroxyl groups is 1. The fraction of sp³-hybridized carbons (Fsp3) is 0.273. The smallest absolute Gasteiger partial charge is 0.198 e. The van der Waals surface area contributed by atoms with Gasteiger partial charge in [0.05, 0.1) is 41.3 Å². The molecule has 0 aliphatic rings. The van der Waals surface area contributed by atoms with Crippen molar-refractivity contribution in [3.63, 3.8) is 0 Å². The Labute approximate surface area is 174 Å². The van der Waals surface area contributed by atoms with E-state index in [0.29, 0.717) is 23.6 Å². The maximum absolute atomic E-state index is 10.5. The third-order valence-electron chi connectivity index (χ3n) is 5.03. The summed E-state index contributed by atoms with van der Waals surface area (Å²) in [4.78, 5) is 16.3. The second-order valence-electron chi connectivity index (χ2n) is 7.53. The van der Waals surface area contributed by atoms with Gasteiger partial charge in [0.1, 0.15) is 0 Å². The molecule has 0 amide bonds. The van der Waals surface area contributed by atoms with E-state index in [-0.39, 0.29) is 5.88 Å². The van der Waals surface area contributed by atoms with E-state index in [1.165, 1.54) is 0 Å². The van der Waals surface area contributed by atoms with Gasteiger partial charge in [0.25, 0.3) is 0 Å². The summed E-state index contributed by atoms with van der Waals surface area (Å²) in [5.74, 6) is 0.560. The quantitative estimate of drug-likeness (QED) is 0.439. The SMILES string of the molecule is CC(=Nc1cc(C)n(C[C@@H](C)O)n1)c1c(O)[nH]c2cnc(-c3cnccc3C)cc12. The molecule has 0 aromatic carbocycles. The highest BCUT2D eigenvalue weighted by atomic mass is 16.3. The van der Waals surface area contributed by atoms with Crippen LogP contribution in [0.2, 0.25) is 0 Å². The molecule has 0 bridgehead atoms. The number of H-pyrrole nitrogens is 1. The van der Waals surface area contributed by atoms with E-state index in [2.05, 4.69) is 25.0 Å². The maximum atomic E-state index is 10.5. The first-order valence-electron chi connectivity index (χ1n) is 9.73. The molecular formula is C22H24N6O2. The molecule has 154 valence electrons. The van der Waals surface area contributed by atoms with Gasteiger partial charge >= 0.3 is 0 Å². The minimum atomic E-state index is -0.499. The Morgan fingerprint density at radius 3 is 2.80 bits per heavy atom.